The van der Waals surface area contributed by atoms with Crippen LogP contribution < -0.4 is 12.3 Å². The summed E-state index contributed by atoms with van der Waals surface area (Å²) < 4.78 is 0. The van der Waals surface area contributed by atoms with Gasteiger partial charge in [0.05, 0.1) is 0 Å². The predicted octanol–water partition coefficient (Wildman–Crippen LogP) is 0.537. The Labute approximate surface area is 142 Å². The van der Waals surface area contributed by atoms with Gasteiger partial charge in [0, 0.05) is 105 Å². The molecule has 2 nitrogen and oxygen atoms in total. The van der Waals surface area contributed by atoms with Crippen LogP contribution in [0.25, 0.3) is 0 Å². The van der Waals surface area contributed by atoms with Crippen LogP contribution in [0.5, 0.6) is 0 Å². The maximum Gasteiger partial charge on any atom is 0 e. The van der Waals surface area contributed by atoms with Crippen molar-refractivity contribution in [2.45, 2.75) is 0 Å². The third kappa shape index (κ3) is 74.0. The van der Waals surface area contributed by atoms with Crippen molar-refractivity contribution in [1.29, 1.82) is 0 Å². The van der Waals surface area contributed by atoms with Crippen molar-refractivity contribution >= 4 is 27.0 Å². The summed E-state index contributed by atoms with van der Waals surface area (Å²) in [6, 6.07) is 0. The molecule has 0 amide bonds. The Bertz CT molecular complexity index is 12.9. The molecule has 0 rings (SSSR count). The molecule has 0 fully saturated rings. The van der Waals surface area contributed by atoms with Crippen molar-refractivity contribution in [1.82, 2.24) is 12.3 Å². The van der Waals surface area contributed by atoms with Gasteiger partial charge in [0.1, 0.15) is 0 Å². The summed E-state index contributed by atoms with van der Waals surface area (Å²) in [5, 5.41) is 0. The Kier molecular flexibility index (Phi) is 1150. The molecule has 0 atom stereocenters. The SMILES string of the molecule is N.N.S.S.[Mo].[Mo].[Mo].[Mo].[Mo]. The molecule has 0 aromatic heterocycles. The number of hydrogen-bond acceptors (Lipinski definition) is 2. The molecular weight excluding hydrogens is 572 g/mol. The van der Waals surface area contributed by atoms with Crippen molar-refractivity contribution in [3.05, 3.63) is 0 Å². The van der Waals surface area contributed by atoms with Crippen molar-refractivity contribution in [2.24, 2.45) is 0 Å². The van der Waals surface area contributed by atoms with E-state index in [-0.39, 0.29) is 145 Å². The van der Waals surface area contributed by atoms with Crippen LogP contribution >= 0.6 is 27.0 Å². The molecule has 0 aromatic rings. The zero-order valence-corrected chi connectivity index (χ0v) is 16.5. The first kappa shape index (κ1) is 115. The second-order valence-corrected chi connectivity index (χ2v) is 0. The van der Waals surface area contributed by atoms with E-state index in [4.69, 9.17) is 0 Å². The van der Waals surface area contributed by atoms with Crippen LogP contribution in [0.2, 0.25) is 0 Å². The first-order valence-electron chi connectivity index (χ1n) is 0. The van der Waals surface area contributed by atoms with Gasteiger partial charge in [-0.25, -0.2) is 0 Å². The maximum absolute atomic E-state index is 0. The van der Waals surface area contributed by atoms with Crippen LogP contribution in [-0.2, 0) is 105 Å². The van der Waals surface area contributed by atoms with E-state index in [1.807, 2.05) is 0 Å². The van der Waals surface area contributed by atoms with Crippen molar-refractivity contribution < 1.29 is 105 Å². The summed E-state index contributed by atoms with van der Waals surface area (Å²) in [6.07, 6.45) is 0. The molecule has 9 heavy (non-hydrogen) atoms. The molecular formula is H10Mo5N2S2. The topological polar surface area (TPSA) is 70.0 Å². The van der Waals surface area contributed by atoms with Gasteiger partial charge in [0.15, 0.2) is 0 Å². The molecule has 9 heteroatoms. The molecule has 6 N–H and O–H groups in total. The maximum atomic E-state index is 0. The zero-order chi connectivity index (χ0) is 0. The van der Waals surface area contributed by atoms with E-state index in [0.29, 0.717) is 0 Å². The van der Waals surface area contributed by atoms with Crippen molar-refractivity contribution in [3.8, 4) is 0 Å². The minimum Gasteiger partial charge on any atom is -0.344 e. The summed E-state index contributed by atoms with van der Waals surface area (Å²) in [5.41, 5.74) is 0. The smallest absolute Gasteiger partial charge is 0 e. The third-order valence-corrected chi connectivity index (χ3v) is 0. The summed E-state index contributed by atoms with van der Waals surface area (Å²) in [5.74, 6) is 0. The van der Waals surface area contributed by atoms with Crippen LogP contribution in [0.3, 0.4) is 0 Å². The van der Waals surface area contributed by atoms with Crippen molar-refractivity contribution in [2.75, 3.05) is 0 Å². The fourth-order valence-electron chi connectivity index (χ4n) is 0. The standard InChI is InChI=1S/5Mo.2H3N.2H2S/h;;;;;2*1H3;2*1H2. The minimum absolute atomic E-state index is 0. The molecule has 0 unspecified atom stereocenters. The van der Waals surface area contributed by atoms with E-state index >= 15 is 0 Å². The van der Waals surface area contributed by atoms with E-state index in [2.05, 4.69) is 0 Å². The molecule has 0 heterocycles. The molecule has 0 radical (unpaired) electrons. The summed E-state index contributed by atoms with van der Waals surface area (Å²) in [6.45, 7) is 0. The monoisotopic (exact) mass is 592 g/mol. The molecule has 0 spiro atoms. The van der Waals surface area contributed by atoms with E-state index in [9.17, 15) is 0 Å². The van der Waals surface area contributed by atoms with Gasteiger partial charge in [-0.2, -0.15) is 27.0 Å². The fourth-order valence-corrected chi connectivity index (χ4v) is 0. The third-order valence-electron chi connectivity index (χ3n) is 0. The van der Waals surface area contributed by atoms with E-state index in [1.54, 1.807) is 0 Å². The zero-order valence-electron chi connectivity index (χ0n) is 4.46. The van der Waals surface area contributed by atoms with Gasteiger partial charge in [0.2, 0.25) is 0 Å². The molecule has 0 bridgehead atoms. The molecule has 0 saturated heterocycles. The quantitative estimate of drug-likeness (QED) is 0.410. The van der Waals surface area contributed by atoms with Crippen LogP contribution in [0.15, 0.2) is 0 Å². The van der Waals surface area contributed by atoms with Gasteiger partial charge in [-0.1, -0.05) is 0 Å². The molecule has 0 aliphatic heterocycles. The molecule has 0 aromatic carbocycles. The molecule has 0 aliphatic rings. The first-order chi connectivity index (χ1) is 0. The van der Waals surface area contributed by atoms with Crippen molar-refractivity contribution in [3.63, 3.8) is 0 Å². The summed E-state index contributed by atoms with van der Waals surface area (Å²) >= 11 is 0. The second kappa shape index (κ2) is 89.5. The fraction of sp³-hybridized carbons (Fsp3) is 0. The number of hydrogen-bond donors (Lipinski definition) is 2. The van der Waals surface area contributed by atoms with Gasteiger partial charge in [-0.15, -0.1) is 0 Å². The first-order valence-corrected chi connectivity index (χ1v) is 0. The van der Waals surface area contributed by atoms with Gasteiger partial charge in [0.25, 0.3) is 0 Å². The average Bonchev–Trinajstić information content (AvgIpc) is 0. The Morgan fingerprint density at radius 3 is 0.333 bits per heavy atom. The Balaban J connectivity index is 0. The Hall–Kier alpha value is 4.06. The van der Waals surface area contributed by atoms with Gasteiger partial charge in [-0.3, -0.25) is 0 Å². The largest absolute Gasteiger partial charge is 0.344 e. The average molecular weight is 582 g/mol. The van der Waals surface area contributed by atoms with E-state index < -0.39 is 0 Å². The minimum atomic E-state index is 0. The van der Waals surface area contributed by atoms with Gasteiger partial charge in [-0.05, 0) is 0 Å². The van der Waals surface area contributed by atoms with Crippen LogP contribution in [0, 0.1) is 0 Å². The Morgan fingerprint density at radius 1 is 0.333 bits per heavy atom. The predicted molar refractivity (Wildman–Crippen MR) is 30.8 cm³/mol. The van der Waals surface area contributed by atoms with Crippen LogP contribution in [0.4, 0.5) is 0 Å². The second-order valence-electron chi connectivity index (χ2n) is 0. The molecule has 0 saturated carbocycles. The molecule has 0 aliphatic carbocycles. The summed E-state index contributed by atoms with van der Waals surface area (Å²) in [7, 11) is 0. The van der Waals surface area contributed by atoms with Crippen LogP contribution in [-0.4, -0.2) is 0 Å². The summed E-state index contributed by atoms with van der Waals surface area (Å²) in [4.78, 5) is 0. The number of rotatable bonds is 0. The van der Waals surface area contributed by atoms with Gasteiger partial charge >= 0.3 is 0 Å². The van der Waals surface area contributed by atoms with E-state index in [0.717, 1.165) is 0 Å². The normalized spacial score (nSPS) is 0. The molecule has 62 valence electrons. The van der Waals surface area contributed by atoms with Crippen LogP contribution in [0.1, 0.15) is 0 Å². The van der Waals surface area contributed by atoms with E-state index in [1.165, 1.54) is 0 Å². The Morgan fingerprint density at radius 2 is 0.333 bits per heavy atom. The van der Waals surface area contributed by atoms with Gasteiger partial charge < -0.3 is 12.3 Å².